The molecule has 1 atom stereocenters. The molecular formula is C10H11BF3N3O2. The Morgan fingerprint density at radius 3 is 2.68 bits per heavy atom. The van der Waals surface area contributed by atoms with Gasteiger partial charge in [0.2, 0.25) is 0 Å². The third-order valence-corrected chi connectivity index (χ3v) is 2.99. The number of nitro benzene ring substituents is 1. The number of fused-ring (bicyclic) bond motifs is 1. The number of para-hydroxylation sites is 1. The van der Waals surface area contributed by atoms with Gasteiger partial charge in [0.05, 0.1) is 10.9 Å². The van der Waals surface area contributed by atoms with Crippen LogP contribution in [-0.2, 0) is 6.42 Å². The Morgan fingerprint density at radius 1 is 1.42 bits per heavy atom. The molecule has 19 heavy (non-hydrogen) atoms. The average molecular weight is 273 g/mol. The van der Waals surface area contributed by atoms with Crippen molar-refractivity contribution in [3.8, 4) is 0 Å². The normalized spacial score (nSPS) is 13.7. The van der Waals surface area contributed by atoms with E-state index in [1.54, 1.807) is 6.07 Å². The van der Waals surface area contributed by atoms with E-state index in [1.165, 1.54) is 18.3 Å². The maximum absolute atomic E-state index is 12.5. The van der Waals surface area contributed by atoms with Gasteiger partial charge < -0.3 is 23.7 Å². The van der Waals surface area contributed by atoms with Crippen LogP contribution in [0.1, 0.15) is 5.56 Å². The maximum atomic E-state index is 12.5. The summed E-state index contributed by atoms with van der Waals surface area (Å²) in [6, 6.07) is 4.32. The molecule has 0 spiro atoms. The summed E-state index contributed by atoms with van der Waals surface area (Å²) in [6.45, 7) is -5.02. The largest absolute Gasteiger partial charge is 0.535 e. The van der Waals surface area contributed by atoms with Gasteiger partial charge in [-0.15, -0.1) is 0 Å². The first-order chi connectivity index (χ1) is 8.80. The zero-order valence-corrected chi connectivity index (χ0v) is 9.78. The second-order valence-electron chi connectivity index (χ2n) is 4.36. The smallest absolute Gasteiger partial charge is 0.445 e. The molecule has 2 aromatic rings. The molecular weight excluding hydrogens is 262 g/mol. The number of nitrogens with zero attached hydrogens (tertiary/aromatic N) is 1. The van der Waals surface area contributed by atoms with Gasteiger partial charge >= 0.3 is 6.98 Å². The van der Waals surface area contributed by atoms with Crippen molar-refractivity contribution in [2.24, 2.45) is 0 Å². The number of hydrogen-bond acceptors (Lipinski definition) is 2. The molecule has 0 aliphatic heterocycles. The van der Waals surface area contributed by atoms with E-state index in [4.69, 9.17) is 0 Å². The lowest BCUT2D eigenvalue weighted by Crippen LogP contribution is -2.71. The van der Waals surface area contributed by atoms with E-state index in [2.05, 4.69) is 10.7 Å². The van der Waals surface area contributed by atoms with Gasteiger partial charge in [-0.05, 0) is 5.56 Å². The van der Waals surface area contributed by atoms with Gasteiger partial charge in [0.25, 0.3) is 5.69 Å². The Morgan fingerprint density at radius 2 is 2.11 bits per heavy atom. The van der Waals surface area contributed by atoms with Gasteiger partial charge in [0.1, 0.15) is 5.52 Å². The molecule has 1 aromatic carbocycles. The van der Waals surface area contributed by atoms with Crippen molar-refractivity contribution in [2.45, 2.75) is 12.4 Å². The van der Waals surface area contributed by atoms with Crippen molar-refractivity contribution >= 4 is 23.6 Å². The second kappa shape index (κ2) is 4.58. The van der Waals surface area contributed by atoms with Gasteiger partial charge in [0.15, 0.2) is 0 Å². The highest BCUT2D eigenvalue weighted by Crippen LogP contribution is 2.28. The summed E-state index contributed by atoms with van der Waals surface area (Å²) in [5.41, 5.74) is 3.58. The number of aromatic nitrogens is 1. The van der Waals surface area contributed by atoms with Crippen LogP contribution in [0.3, 0.4) is 0 Å². The number of quaternary nitrogens is 1. The molecule has 0 saturated carbocycles. The third-order valence-electron chi connectivity index (χ3n) is 2.99. The van der Waals surface area contributed by atoms with Crippen LogP contribution >= 0.6 is 0 Å². The second-order valence-corrected chi connectivity index (χ2v) is 4.36. The highest BCUT2D eigenvalue weighted by molar-refractivity contribution is 6.59. The minimum atomic E-state index is -5.02. The Labute approximate surface area is 105 Å². The standard InChI is InChI=1S/C10H10BF3N3O2/c12-11(13,14)9(15)4-6-5-16-10-7(6)2-1-3-8(10)17(18)19/h1-3,5,9,16H,4,15H2/q-1/p+1. The van der Waals surface area contributed by atoms with Crippen LogP contribution in [0.25, 0.3) is 10.9 Å². The van der Waals surface area contributed by atoms with Crippen LogP contribution < -0.4 is 5.73 Å². The Bertz CT molecular complexity index is 626. The molecule has 2 rings (SSSR count). The van der Waals surface area contributed by atoms with E-state index >= 15 is 0 Å². The first-order valence-electron chi connectivity index (χ1n) is 5.57. The van der Waals surface area contributed by atoms with Crippen LogP contribution in [0.4, 0.5) is 18.6 Å². The van der Waals surface area contributed by atoms with E-state index in [1.807, 2.05) is 0 Å². The Balaban J connectivity index is 2.42. The maximum Gasteiger partial charge on any atom is 0.535 e. The predicted octanol–water partition coefficient (Wildman–Crippen LogP) is 1.62. The van der Waals surface area contributed by atoms with Crippen molar-refractivity contribution in [3.05, 3.63) is 40.1 Å². The van der Waals surface area contributed by atoms with Gasteiger partial charge in [-0.25, -0.2) is 0 Å². The van der Waals surface area contributed by atoms with Crippen molar-refractivity contribution in [2.75, 3.05) is 0 Å². The highest BCUT2D eigenvalue weighted by Gasteiger charge is 2.36. The first kappa shape index (κ1) is 13.4. The number of H-pyrrole nitrogens is 1. The minimum Gasteiger partial charge on any atom is -0.445 e. The summed E-state index contributed by atoms with van der Waals surface area (Å²) in [6.07, 6.45) is 1.09. The molecule has 0 aliphatic rings. The summed E-state index contributed by atoms with van der Waals surface area (Å²) in [5, 5.41) is 11.2. The number of rotatable bonds is 4. The number of nitrogens with one attached hydrogen (secondary N) is 1. The SMILES string of the molecule is [NH3+]C(Cc1c[nH]c2c([N+](=O)[O-])cccc12)[B-](F)(F)F. The van der Waals surface area contributed by atoms with E-state index in [-0.39, 0.29) is 17.6 Å². The third kappa shape index (κ3) is 2.55. The lowest BCUT2D eigenvalue weighted by Gasteiger charge is -2.18. The van der Waals surface area contributed by atoms with Crippen LogP contribution in [0.5, 0.6) is 0 Å². The van der Waals surface area contributed by atoms with Crippen LogP contribution in [0.15, 0.2) is 24.4 Å². The predicted molar refractivity (Wildman–Crippen MR) is 64.4 cm³/mol. The number of halogens is 3. The topological polar surface area (TPSA) is 86.6 Å². The summed E-state index contributed by atoms with van der Waals surface area (Å²) in [7, 11) is 0. The van der Waals surface area contributed by atoms with Crippen molar-refractivity contribution in [3.63, 3.8) is 0 Å². The molecule has 0 radical (unpaired) electrons. The number of aromatic amines is 1. The summed E-state index contributed by atoms with van der Waals surface area (Å²) < 4.78 is 37.6. The van der Waals surface area contributed by atoms with E-state index < -0.39 is 17.8 Å². The van der Waals surface area contributed by atoms with E-state index in [9.17, 15) is 23.1 Å². The van der Waals surface area contributed by atoms with E-state index in [0.29, 0.717) is 10.9 Å². The number of hydrogen-bond donors (Lipinski definition) is 2. The van der Waals surface area contributed by atoms with Gasteiger partial charge in [0, 0.05) is 24.1 Å². The molecule has 9 heteroatoms. The van der Waals surface area contributed by atoms with Crippen molar-refractivity contribution in [1.29, 1.82) is 0 Å². The summed E-state index contributed by atoms with van der Waals surface area (Å²) in [5.74, 6) is -1.68. The quantitative estimate of drug-likeness (QED) is 0.503. The fourth-order valence-electron chi connectivity index (χ4n) is 1.93. The summed E-state index contributed by atoms with van der Waals surface area (Å²) in [4.78, 5) is 12.9. The zero-order chi connectivity index (χ0) is 14.2. The van der Waals surface area contributed by atoms with Crippen molar-refractivity contribution in [1.82, 2.24) is 4.98 Å². The molecule has 0 bridgehead atoms. The van der Waals surface area contributed by atoms with Gasteiger partial charge in [-0.2, -0.15) is 0 Å². The highest BCUT2D eigenvalue weighted by atomic mass is 19.4. The molecule has 0 saturated heterocycles. The molecule has 0 amide bonds. The van der Waals surface area contributed by atoms with Gasteiger partial charge in [-0.1, -0.05) is 12.1 Å². The molecule has 1 unspecified atom stereocenters. The molecule has 102 valence electrons. The van der Waals surface area contributed by atoms with Crippen molar-refractivity contribution < 1.29 is 23.6 Å². The fraction of sp³-hybridized carbons (Fsp3) is 0.200. The lowest BCUT2D eigenvalue weighted by atomic mass is 9.76. The molecule has 5 nitrogen and oxygen atoms in total. The Kier molecular flexibility index (Phi) is 3.23. The monoisotopic (exact) mass is 273 g/mol. The zero-order valence-electron chi connectivity index (χ0n) is 9.78. The molecule has 4 N–H and O–H groups in total. The first-order valence-corrected chi connectivity index (χ1v) is 5.57. The van der Waals surface area contributed by atoms with Crippen LogP contribution in [-0.4, -0.2) is 22.8 Å². The van der Waals surface area contributed by atoms with Crippen LogP contribution in [0, 0.1) is 10.1 Å². The lowest BCUT2D eigenvalue weighted by molar-refractivity contribution is -0.399. The number of nitro groups is 1. The van der Waals surface area contributed by atoms with E-state index in [0.717, 1.165) is 0 Å². The molecule has 0 fully saturated rings. The number of non-ortho nitro benzene ring substituents is 1. The summed E-state index contributed by atoms with van der Waals surface area (Å²) >= 11 is 0. The minimum absolute atomic E-state index is 0.151. The van der Waals surface area contributed by atoms with Gasteiger partial charge in [-0.3, -0.25) is 10.1 Å². The molecule has 1 heterocycles. The van der Waals surface area contributed by atoms with Crippen LogP contribution in [0.2, 0.25) is 0 Å². The molecule has 0 aliphatic carbocycles. The Hall–Kier alpha value is -2.03. The number of benzene rings is 1. The molecule has 1 aromatic heterocycles. The average Bonchev–Trinajstić information content (AvgIpc) is 2.71. The fourth-order valence-corrected chi connectivity index (χ4v) is 1.93.